The quantitative estimate of drug-likeness (QED) is 0.269. The lowest BCUT2D eigenvalue weighted by Gasteiger charge is -2.28. The fraction of sp³-hybridized carbons (Fsp3) is 0.231. The summed E-state index contributed by atoms with van der Waals surface area (Å²) in [5.74, 6) is -0.228. The number of rotatable bonds is 9. The van der Waals surface area contributed by atoms with Crippen LogP contribution in [-0.2, 0) is 14.3 Å². The summed E-state index contributed by atoms with van der Waals surface area (Å²) >= 11 is 0. The van der Waals surface area contributed by atoms with E-state index in [-0.39, 0.29) is 18.4 Å². The topological polar surface area (TPSA) is 121 Å². The van der Waals surface area contributed by atoms with E-state index >= 15 is 0 Å². The fourth-order valence-electron chi connectivity index (χ4n) is 3.62. The van der Waals surface area contributed by atoms with E-state index in [4.69, 9.17) is 4.74 Å². The minimum Gasteiger partial charge on any atom is -0.378 e. The van der Waals surface area contributed by atoms with Crippen molar-refractivity contribution in [3.8, 4) is 11.3 Å². The maximum absolute atomic E-state index is 12.2. The number of aromatic nitrogens is 2. The Morgan fingerprint density at radius 1 is 1.03 bits per heavy atom. The van der Waals surface area contributed by atoms with Crippen LogP contribution in [0.1, 0.15) is 6.92 Å². The number of allylic oxidation sites excluding steroid dienone is 1. The first kappa shape index (κ1) is 24.7. The highest BCUT2D eigenvalue weighted by Gasteiger charge is 2.11. The lowest BCUT2D eigenvalue weighted by molar-refractivity contribution is -0.121. The molecule has 4 N–H and O–H groups in total. The molecule has 0 atom stereocenters. The molecule has 2 amide bonds. The van der Waals surface area contributed by atoms with E-state index in [2.05, 4.69) is 48.5 Å². The van der Waals surface area contributed by atoms with Crippen LogP contribution in [0.25, 0.3) is 11.3 Å². The summed E-state index contributed by atoms with van der Waals surface area (Å²) < 4.78 is 5.41. The van der Waals surface area contributed by atoms with Gasteiger partial charge in [0.1, 0.15) is 0 Å². The minimum atomic E-state index is -0.320. The number of morpholine rings is 1. The van der Waals surface area contributed by atoms with Crippen LogP contribution in [0.4, 0.5) is 23.0 Å². The Labute approximate surface area is 209 Å². The van der Waals surface area contributed by atoms with Crippen molar-refractivity contribution in [3.63, 3.8) is 0 Å². The van der Waals surface area contributed by atoms with Gasteiger partial charge >= 0.3 is 0 Å². The number of nitrogens with zero attached hydrogens (tertiary/aromatic N) is 3. The monoisotopic (exact) mass is 487 g/mol. The first-order chi connectivity index (χ1) is 17.6. The number of ether oxygens (including phenoxy) is 1. The molecule has 10 heteroatoms. The highest BCUT2D eigenvalue weighted by atomic mass is 16.5. The number of carbonyl (C=O) groups excluding carboxylic acids is 2. The van der Waals surface area contributed by atoms with Crippen molar-refractivity contribution < 1.29 is 14.3 Å². The second-order valence-corrected chi connectivity index (χ2v) is 8.01. The zero-order chi connectivity index (χ0) is 25.2. The zero-order valence-electron chi connectivity index (χ0n) is 20.0. The largest absolute Gasteiger partial charge is 0.378 e. The average molecular weight is 488 g/mol. The van der Waals surface area contributed by atoms with Crippen molar-refractivity contribution in [1.29, 1.82) is 0 Å². The molecule has 0 saturated carbocycles. The number of anilines is 4. The predicted octanol–water partition coefficient (Wildman–Crippen LogP) is 3.05. The number of carbonyl (C=O) groups is 2. The van der Waals surface area contributed by atoms with Crippen molar-refractivity contribution in [2.75, 3.05) is 53.9 Å². The molecule has 2 heterocycles. The first-order valence-electron chi connectivity index (χ1n) is 11.7. The third-order valence-corrected chi connectivity index (χ3v) is 5.40. The summed E-state index contributed by atoms with van der Waals surface area (Å²) in [4.78, 5) is 34.8. The van der Waals surface area contributed by atoms with Crippen LogP contribution in [-0.4, -0.2) is 54.6 Å². The fourth-order valence-corrected chi connectivity index (χ4v) is 3.62. The molecule has 36 heavy (non-hydrogen) atoms. The highest BCUT2D eigenvalue weighted by molar-refractivity contribution is 5.96. The maximum atomic E-state index is 12.2. The molecule has 1 aliphatic rings. The second-order valence-electron chi connectivity index (χ2n) is 8.01. The van der Waals surface area contributed by atoms with Crippen LogP contribution in [0.15, 0.2) is 72.9 Å². The van der Waals surface area contributed by atoms with Crippen LogP contribution in [0.2, 0.25) is 0 Å². The van der Waals surface area contributed by atoms with Gasteiger partial charge in [-0.3, -0.25) is 20.4 Å². The van der Waals surface area contributed by atoms with Gasteiger partial charge < -0.3 is 20.3 Å². The van der Waals surface area contributed by atoms with Crippen LogP contribution >= 0.6 is 0 Å². The van der Waals surface area contributed by atoms with Crippen molar-refractivity contribution >= 4 is 34.8 Å². The number of hydrazine groups is 1. The van der Waals surface area contributed by atoms with E-state index in [1.165, 1.54) is 6.08 Å². The molecule has 0 unspecified atom stereocenters. The van der Waals surface area contributed by atoms with Gasteiger partial charge in [0.05, 0.1) is 31.1 Å². The zero-order valence-corrected chi connectivity index (χ0v) is 20.0. The Hall–Kier alpha value is -4.44. The van der Waals surface area contributed by atoms with Crippen LogP contribution in [0.5, 0.6) is 0 Å². The van der Waals surface area contributed by atoms with E-state index in [1.54, 1.807) is 31.3 Å². The molecule has 4 rings (SSSR count). The third-order valence-electron chi connectivity index (χ3n) is 5.40. The molecule has 1 saturated heterocycles. The van der Waals surface area contributed by atoms with Crippen molar-refractivity contribution in [3.05, 3.63) is 72.9 Å². The number of benzene rings is 2. The third kappa shape index (κ3) is 7.03. The van der Waals surface area contributed by atoms with Crippen LogP contribution < -0.4 is 26.4 Å². The second kappa shape index (κ2) is 12.3. The molecule has 0 spiro atoms. The number of hydrogen-bond donors (Lipinski definition) is 4. The SMILES string of the molecule is C/C=C/C(=O)NCC(=O)Nc1cccc(-c2ccnc(NNc3ccc(N4CCOCC4)cc3)n2)c1. The highest BCUT2D eigenvalue weighted by Crippen LogP contribution is 2.22. The van der Waals surface area contributed by atoms with Gasteiger partial charge in [-0.25, -0.2) is 9.97 Å². The molecule has 1 aliphatic heterocycles. The van der Waals surface area contributed by atoms with Crippen molar-refractivity contribution in [2.24, 2.45) is 0 Å². The number of amides is 2. The molecule has 10 nitrogen and oxygen atoms in total. The van der Waals surface area contributed by atoms with Gasteiger partial charge in [-0.15, -0.1) is 0 Å². The molecular weight excluding hydrogens is 458 g/mol. The number of hydrogen-bond acceptors (Lipinski definition) is 8. The molecule has 0 aliphatic carbocycles. The van der Waals surface area contributed by atoms with Gasteiger partial charge in [-0.1, -0.05) is 18.2 Å². The normalized spacial score (nSPS) is 13.3. The van der Waals surface area contributed by atoms with E-state index in [0.717, 1.165) is 43.2 Å². The maximum Gasteiger partial charge on any atom is 0.244 e. The molecular formula is C26H29N7O3. The lowest BCUT2D eigenvalue weighted by Crippen LogP contribution is -2.36. The summed E-state index contributed by atoms with van der Waals surface area (Å²) in [7, 11) is 0. The van der Waals surface area contributed by atoms with Crippen molar-refractivity contribution in [2.45, 2.75) is 6.92 Å². The predicted molar refractivity (Wildman–Crippen MR) is 141 cm³/mol. The van der Waals surface area contributed by atoms with E-state index in [0.29, 0.717) is 17.3 Å². The Balaban J connectivity index is 1.34. The summed E-state index contributed by atoms with van der Waals surface area (Å²) in [6.45, 7) is 4.90. The smallest absolute Gasteiger partial charge is 0.244 e. The molecule has 0 radical (unpaired) electrons. The van der Waals surface area contributed by atoms with Gasteiger partial charge in [0, 0.05) is 36.2 Å². The van der Waals surface area contributed by atoms with Gasteiger partial charge in [0.25, 0.3) is 0 Å². The number of nitrogens with one attached hydrogen (secondary N) is 4. The molecule has 3 aromatic rings. The molecule has 0 bridgehead atoms. The standard InChI is InChI=1S/C26H29N7O3/c1-2-4-24(34)28-18-25(35)29-21-6-3-5-19(17-21)23-11-12-27-26(30-23)32-31-20-7-9-22(10-8-20)33-13-15-36-16-14-33/h2-12,17,31H,13-16,18H2,1H3,(H,28,34)(H,29,35)(H,27,30,32)/b4-2+. The summed E-state index contributed by atoms with van der Waals surface area (Å²) in [6.07, 6.45) is 4.64. The van der Waals surface area contributed by atoms with Gasteiger partial charge in [-0.2, -0.15) is 0 Å². The van der Waals surface area contributed by atoms with E-state index in [1.807, 2.05) is 30.3 Å². The molecule has 1 fully saturated rings. The Morgan fingerprint density at radius 3 is 2.61 bits per heavy atom. The van der Waals surface area contributed by atoms with Crippen LogP contribution in [0, 0.1) is 0 Å². The average Bonchev–Trinajstić information content (AvgIpc) is 2.92. The molecule has 186 valence electrons. The summed E-state index contributed by atoms with van der Waals surface area (Å²) in [6, 6.07) is 17.2. The van der Waals surface area contributed by atoms with Crippen LogP contribution in [0.3, 0.4) is 0 Å². The van der Waals surface area contributed by atoms with Crippen molar-refractivity contribution in [1.82, 2.24) is 15.3 Å². The van der Waals surface area contributed by atoms with E-state index < -0.39 is 0 Å². The minimum absolute atomic E-state index is 0.117. The van der Waals surface area contributed by atoms with Gasteiger partial charge in [0.2, 0.25) is 17.8 Å². The van der Waals surface area contributed by atoms with E-state index in [9.17, 15) is 9.59 Å². The molecule has 1 aromatic heterocycles. The summed E-state index contributed by atoms with van der Waals surface area (Å²) in [5.41, 5.74) is 10.3. The Kier molecular flexibility index (Phi) is 8.44. The van der Waals surface area contributed by atoms with Gasteiger partial charge in [-0.05, 0) is 55.5 Å². The lowest BCUT2D eigenvalue weighted by atomic mass is 10.1. The Morgan fingerprint density at radius 2 is 1.83 bits per heavy atom. The molecule has 2 aromatic carbocycles. The summed E-state index contributed by atoms with van der Waals surface area (Å²) in [5, 5.41) is 5.30. The Bertz CT molecular complexity index is 1210. The first-order valence-corrected chi connectivity index (χ1v) is 11.7. The van der Waals surface area contributed by atoms with Gasteiger partial charge in [0.15, 0.2) is 0 Å².